The van der Waals surface area contributed by atoms with Gasteiger partial charge in [0.05, 0.1) is 17.1 Å². The molecule has 8 nitrogen and oxygen atoms in total. The van der Waals surface area contributed by atoms with E-state index in [1.165, 1.54) is 6.92 Å². The lowest BCUT2D eigenvalue weighted by Crippen LogP contribution is -2.32. The molecule has 0 aromatic heterocycles. The molecule has 0 spiro atoms. The number of nitrogens with one attached hydrogen (secondary N) is 1. The molecule has 1 aliphatic rings. The summed E-state index contributed by atoms with van der Waals surface area (Å²) in [5, 5.41) is 13.7. The van der Waals surface area contributed by atoms with Crippen LogP contribution in [0.5, 0.6) is 0 Å². The van der Waals surface area contributed by atoms with Gasteiger partial charge in [0, 0.05) is 23.2 Å². The number of rotatable bonds is 7. The summed E-state index contributed by atoms with van der Waals surface area (Å²) >= 11 is 5.96. The van der Waals surface area contributed by atoms with Gasteiger partial charge in [-0.05, 0) is 25.0 Å². The van der Waals surface area contributed by atoms with Crippen LogP contribution in [0.1, 0.15) is 26.7 Å². The number of benzene rings is 1. The van der Waals surface area contributed by atoms with Crippen LogP contribution in [-0.2, 0) is 19.1 Å². The zero-order chi connectivity index (χ0) is 20.1. The van der Waals surface area contributed by atoms with E-state index < -0.39 is 34.7 Å². The molecule has 0 bridgehead atoms. The van der Waals surface area contributed by atoms with Crippen LogP contribution < -0.4 is 5.32 Å². The van der Waals surface area contributed by atoms with E-state index >= 15 is 0 Å². The molecule has 0 radical (unpaired) electrons. The average Bonchev–Trinajstić information content (AvgIpc) is 2.83. The number of esters is 1. The molecule has 1 aromatic carbocycles. The number of carbonyl (C=O) groups excluding carboxylic acids is 3. The number of hydrogen-bond donors (Lipinski definition) is 1. The van der Waals surface area contributed by atoms with Gasteiger partial charge < -0.3 is 10.1 Å². The minimum atomic E-state index is -1.10. The third-order valence-electron chi connectivity index (χ3n) is 4.74. The maximum Gasteiger partial charge on any atom is 0.307 e. The highest BCUT2D eigenvalue weighted by molar-refractivity contribution is 6.33. The summed E-state index contributed by atoms with van der Waals surface area (Å²) in [4.78, 5) is 46.8. The highest BCUT2D eigenvalue weighted by atomic mass is 35.5. The van der Waals surface area contributed by atoms with Crippen molar-refractivity contribution in [2.45, 2.75) is 32.8 Å². The molecular formula is C18H21ClN2O6. The Kier molecular flexibility index (Phi) is 6.90. The molecule has 1 aromatic rings. The summed E-state index contributed by atoms with van der Waals surface area (Å²) in [5.74, 6) is -2.91. The van der Waals surface area contributed by atoms with E-state index in [-0.39, 0.29) is 31.1 Å². The Balaban J connectivity index is 1.93. The molecule has 1 N–H and O–H groups in total. The summed E-state index contributed by atoms with van der Waals surface area (Å²) in [7, 11) is 0. The summed E-state index contributed by atoms with van der Waals surface area (Å²) in [5.41, 5.74) is 0.387. The Morgan fingerprint density at radius 3 is 2.70 bits per heavy atom. The van der Waals surface area contributed by atoms with E-state index in [4.69, 9.17) is 16.3 Å². The van der Waals surface area contributed by atoms with Crippen molar-refractivity contribution in [3.05, 3.63) is 39.4 Å². The van der Waals surface area contributed by atoms with Crippen LogP contribution in [0, 0.1) is 27.9 Å². The number of nitro groups is 1. The molecule has 0 aliphatic heterocycles. The third kappa shape index (κ3) is 5.50. The smallest absolute Gasteiger partial charge is 0.307 e. The minimum absolute atomic E-state index is 0.165. The lowest BCUT2D eigenvalue weighted by Gasteiger charge is -2.19. The normalized spacial score (nSPS) is 22.9. The molecule has 4 atom stereocenters. The maximum absolute atomic E-state index is 12.2. The second-order valence-electron chi connectivity index (χ2n) is 6.74. The van der Waals surface area contributed by atoms with Gasteiger partial charge in [-0.3, -0.25) is 24.5 Å². The first-order valence-corrected chi connectivity index (χ1v) is 8.96. The van der Waals surface area contributed by atoms with Crippen molar-refractivity contribution in [2.75, 3.05) is 11.9 Å². The first-order valence-electron chi connectivity index (χ1n) is 8.58. The number of Topliss-reactive ketones (excluding diaryl/α,β-unsaturated/α-hetero) is 1. The highest BCUT2D eigenvalue weighted by Crippen LogP contribution is 2.36. The summed E-state index contributed by atoms with van der Waals surface area (Å²) in [6.45, 7) is 2.79. The number of carbonyl (C=O) groups is 3. The first kappa shape index (κ1) is 20.8. The van der Waals surface area contributed by atoms with E-state index in [1.807, 2.05) is 0 Å². The minimum Gasteiger partial charge on any atom is -0.453 e. The van der Waals surface area contributed by atoms with Crippen molar-refractivity contribution in [1.29, 1.82) is 0 Å². The van der Waals surface area contributed by atoms with Gasteiger partial charge >= 0.3 is 5.97 Å². The quantitative estimate of drug-likeness (QED) is 0.430. The van der Waals surface area contributed by atoms with E-state index in [0.717, 1.165) is 0 Å². The molecule has 1 amide bonds. The fourth-order valence-electron chi connectivity index (χ4n) is 3.28. The number of amides is 1. The largest absolute Gasteiger partial charge is 0.453 e. The molecule has 146 valence electrons. The standard InChI is InChI=1S/C18H21ClN2O6/c1-10-7-16(22)12(13(10)9-21(25)26)8-17(23)27-11(2)18(24)20-15-6-4-3-5-14(15)19/h3-6,10-13H,7-9H2,1-2H3,(H,20,24)/t10-,11+,12+,13-/m1/s1. The molecule has 1 saturated carbocycles. The Morgan fingerprint density at radius 1 is 1.41 bits per heavy atom. The van der Waals surface area contributed by atoms with E-state index in [9.17, 15) is 24.5 Å². The molecule has 1 aliphatic carbocycles. The van der Waals surface area contributed by atoms with Crippen LogP contribution in [0.2, 0.25) is 5.02 Å². The molecule has 0 saturated heterocycles. The van der Waals surface area contributed by atoms with Gasteiger partial charge in [0.15, 0.2) is 6.10 Å². The van der Waals surface area contributed by atoms with Crippen molar-refractivity contribution in [3.63, 3.8) is 0 Å². The molecule has 9 heteroatoms. The number of ketones is 1. The molecule has 2 rings (SSSR count). The van der Waals surface area contributed by atoms with Gasteiger partial charge in [-0.25, -0.2) is 0 Å². The zero-order valence-corrected chi connectivity index (χ0v) is 15.8. The van der Waals surface area contributed by atoms with E-state index in [1.54, 1.807) is 31.2 Å². The van der Waals surface area contributed by atoms with Gasteiger partial charge in [-0.2, -0.15) is 0 Å². The Labute approximate surface area is 161 Å². The Morgan fingerprint density at radius 2 is 2.07 bits per heavy atom. The molecule has 0 unspecified atom stereocenters. The van der Waals surface area contributed by atoms with Crippen LogP contribution in [0.4, 0.5) is 5.69 Å². The summed E-state index contributed by atoms with van der Waals surface area (Å²) in [6.07, 6.45) is -1.17. The first-order chi connectivity index (χ1) is 12.7. The Hall–Kier alpha value is -2.48. The Bertz CT molecular complexity index is 753. The van der Waals surface area contributed by atoms with Crippen LogP contribution in [-0.4, -0.2) is 35.2 Å². The second-order valence-corrected chi connectivity index (χ2v) is 7.15. The van der Waals surface area contributed by atoms with Crippen molar-refractivity contribution in [1.82, 2.24) is 0 Å². The molecule has 1 fully saturated rings. The molecular weight excluding hydrogens is 376 g/mol. The van der Waals surface area contributed by atoms with Gasteiger partial charge in [0.2, 0.25) is 6.54 Å². The lowest BCUT2D eigenvalue weighted by atomic mass is 9.88. The zero-order valence-electron chi connectivity index (χ0n) is 15.0. The number of para-hydroxylation sites is 1. The molecule has 0 heterocycles. The number of anilines is 1. The number of ether oxygens (including phenoxy) is 1. The van der Waals surface area contributed by atoms with Crippen molar-refractivity contribution in [2.24, 2.45) is 17.8 Å². The van der Waals surface area contributed by atoms with Gasteiger partial charge in [0.1, 0.15) is 5.78 Å². The van der Waals surface area contributed by atoms with Crippen LogP contribution in [0.15, 0.2) is 24.3 Å². The van der Waals surface area contributed by atoms with Crippen LogP contribution in [0.3, 0.4) is 0 Å². The predicted octanol–water partition coefficient (Wildman–Crippen LogP) is 2.72. The van der Waals surface area contributed by atoms with Crippen molar-refractivity contribution < 1.29 is 24.0 Å². The number of halogens is 1. The number of nitrogens with zero attached hydrogens (tertiary/aromatic N) is 1. The van der Waals surface area contributed by atoms with Gasteiger partial charge in [-0.1, -0.05) is 30.7 Å². The fraction of sp³-hybridized carbons (Fsp3) is 0.500. The van der Waals surface area contributed by atoms with Crippen LogP contribution >= 0.6 is 11.6 Å². The second kappa shape index (κ2) is 8.94. The monoisotopic (exact) mass is 396 g/mol. The van der Waals surface area contributed by atoms with Gasteiger partial charge in [-0.15, -0.1) is 0 Å². The topological polar surface area (TPSA) is 116 Å². The average molecular weight is 397 g/mol. The predicted molar refractivity (Wildman–Crippen MR) is 97.9 cm³/mol. The summed E-state index contributed by atoms with van der Waals surface area (Å²) < 4.78 is 5.11. The van der Waals surface area contributed by atoms with Crippen molar-refractivity contribution >= 4 is 34.9 Å². The molecule has 27 heavy (non-hydrogen) atoms. The van der Waals surface area contributed by atoms with Crippen LogP contribution in [0.25, 0.3) is 0 Å². The lowest BCUT2D eigenvalue weighted by molar-refractivity contribution is -0.490. The highest BCUT2D eigenvalue weighted by Gasteiger charge is 2.44. The SMILES string of the molecule is C[C@H](OC(=O)C[C@@H]1C(=O)C[C@@H](C)[C@H]1C[N+](=O)[O-])C(=O)Nc1ccccc1Cl. The fourth-order valence-corrected chi connectivity index (χ4v) is 3.46. The summed E-state index contributed by atoms with van der Waals surface area (Å²) in [6, 6.07) is 6.62. The van der Waals surface area contributed by atoms with E-state index in [0.29, 0.717) is 10.7 Å². The number of hydrogen-bond acceptors (Lipinski definition) is 6. The van der Waals surface area contributed by atoms with E-state index in [2.05, 4.69) is 5.32 Å². The maximum atomic E-state index is 12.2. The van der Waals surface area contributed by atoms with Crippen molar-refractivity contribution in [3.8, 4) is 0 Å². The van der Waals surface area contributed by atoms with Gasteiger partial charge in [0.25, 0.3) is 5.91 Å². The third-order valence-corrected chi connectivity index (χ3v) is 5.07.